The zero-order valence-corrected chi connectivity index (χ0v) is 15.1. The monoisotopic (exact) mass is 344 g/mol. The van der Waals surface area contributed by atoms with Crippen molar-refractivity contribution in [1.82, 2.24) is 14.8 Å². The number of carbonyl (C=O) groups is 1. The molecular weight excluding hydrogens is 316 g/mol. The first kappa shape index (κ1) is 18.0. The minimum absolute atomic E-state index is 0.0714. The van der Waals surface area contributed by atoms with Crippen LogP contribution in [0.4, 0.5) is 0 Å². The number of piperazine rings is 1. The van der Waals surface area contributed by atoms with Gasteiger partial charge in [0.2, 0.25) is 0 Å². The van der Waals surface area contributed by atoms with Crippen LogP contribution in [-0.4, -0.2) is 82.9 Å². The Hall–Kier alpha value is -1.76. The molecule has 0 spiro atoms. The zero-order chi connectivity index (χ0) is 17.8. The van der Waals surface area contributed by atoms with Gasteiger partial charge in [-0.15, -0.1) is 0 Å². The first-order valence-corrected chi connectivity index (χ1v) is 9.10. The van der Waals surface area contributed by atoms with E-state index in [1.807, 2.05) is 37.3 Å². The number of nitrogens with zero attached hydrogens (tertiary/aromatic N) is 4. The maximum absolute atomic E-state index is 12.6. The molecule has 136 valence electrons. The molecule has 0 aromatic heterocycles. The quantitative estimate of drug-likeness (QED) is 0.866. The summed E-state index contributed by atoms with van der Waals surface area (Å²) in [5.41, 5.74) is 2.09. The molecule has 1 N–H and O–H groups in total. The molecule has 1 aromatic carbocycles. The van der Waals surface area contributed by atoms with Gasteiger partial charge in [-0.25, -0.2) is 5.01 Å². The summed E-state index contributed by atoms with van der Waals surface area (Å²) < 4.78 is 0. The lowest BCUT2D eigenvalue weighted by Gasteiger charge is -2.40. The van der Waals surface area contributed by atoms with Gasteiger partial charge in [-0.1, -0.05) is 30.3 Å². The van der Waals surface area contributed by atoms with Crippen molar-refractivity contribution >= 4 is 11.6 Å². The normalized spacial score (nSPS) is 23.6. The number of rotatable bonds is 5. The van der Waals surface area contributed by atoms with Crippen molar-refractivity contribution in [1.29, 1.82) is 0 Å². The molecule has 3 rings (SSSR count). The van der Waals surface area contributed by atoms with Crippen LogP contribution in [0.1, 0.15) is 25.8 Å². The summed E-state index contributed by atoms with van der Waals surface area (Å²) in [6, 6.07) is 10.4. The van der Waals surface area contributed by atoms with Crippen molar-refractivity contribution < 1.29 is 9.90 Å². The second kappa shape index (κ2) is 8.08. The van der Waals surface area contributed by atoms with E-state index in [9.17, 15) is 9.90 Å². The molecule has 0 unspecified atom stereocenters. The van der Waals surface area contributed by atoms with Crippen molar-refractivity contribution in [2.75, 3.05) is 39.3 Å². The summed E-state index contributed by atoms with van der Waals surface area (Å²) in [7, 11) is 0. The Morgan fingerprint density at radius 1 is 1.28 bits per heavy atom. The van der Waals surface area contributed by atoms with Crippen molar-refractivity contribution in [3.63, 3.8) is 0 Å². The highest BCUT2D eigenvalue weighted by Gasteiger charge is 2.28. The van der Waals surface area contributed by atoms with Gasteiger partial charge in [-0.05, 0) is 19.4 Å². The largest absolute Gasteiger partial charge is 0.392 e. The number of hydrogen-bond acceptors (Lipinski definition) is 5. The van der Waals surface area contributed by atoms with Gasteiger partial charge < -0.3 is 5.11 Å². The third-order valence-electron chi connectivity index (χ3n) is 4.90. The molecule has 0 saturated carbocycles. The average molecular weight is 344 g/mol. The number of carbonyl (C=O) groups excluding carboxylic acids is 1. The zero-order valence-electron chi connectivity index (χ0n) is 15.1. The fourth-order valence-electron chi connectivity index (χ4n) is 3.57. The highest BCUT2D eigenvalue weighted by Crippen LogP contribution is 2.15. The van der Waals surface area contributed by atoms with Crippen molar-refractivity contribution in [2.24, 2.45) is 5.10 Å². The van der Waals surface area contributed by atoms with Gasteiger partial charge in [0.1, 0.15) is 0 Å². The van der Waals surface area contributed by atoms with Gasteiger partial charge in [0.25, 0.3) is 5.91 Å². The van der Waals surface area contributed by atoms with Crippen LogP contribution in [0.5, 0.6) is 0 Å². The highest BCUT2D eigenvalue weighted by molar-refractivity contribution is 6.02. The standard InChI is InChI=1S/C19H28N4O2/c1-15-12-21(10-11-22(15)13-16(2)24)14-19(25)23-9-8-18(20-23)17-6-4-3-5-7-17/h3-7,15-16,24H,8-14H2,1-2H3/t15-,16-/m1/s1. The SMILES string of the molecule is C[C@@H]1CN(CC(=O)N2CCC(c3ccccc3)=N2)CCN1C[C@@H](C)O. The molecule has 0 bridgehead atoms. The van der Waals surface area contributed by atoms with E-state index in [4.69, 9.17) is 0 Å². The molecule has 2 aliphatic heterocycles. The van der Waals surface area contributed by atoms with E-state index < -0.39 is 0 Å². The average Bonchev–Trinajstić information content (AvgIpc) is 3.08. The lowest BCUT2D eigenvalue weighted by Crippen LogP contribution is -2.55. The first-order valence-electron chi connectivity index (χ1n) is 9.10. The van der Waals surface area contributed by atoms with E-state index in [0.29, 0.717) is 25.7 Å². The first-order chi connectivity index (χ1) is 12.0. The van der Waals surface area contributed by atoms with E-state index in [1.54, 1.807) is 5.01 Å². The maximum atomic E-state index is 12.6. The predicted octanol–water partition coefficient (Wildman–Crippen LogP) is 1.01. The lowest BCUT2D eigenvalue weighted by atomic mass is 10.1. The van der Waals surface area contributed by atoms with Crippen molar-refractivity contribution in [2.45, 2.75) is 32.4 Å². The van der Waals surface area contributed by atoms with Crippen LogP contribution in [0, 0.1) is 0 Å². The van der Waals surface area contributed by atoms with Crippen LogP contribution < -0.4 is 0 Å². The van der Waals surface area contributed by atoms with Crippen LogP contribution in [0.15, 0.2) is 35.4 Å². The second-order valence-electron chi connectivity index (χ2n) is 7.11. The van der Waals surface area contributed by atoms with E-state index in [0.717, 1.165) is 37.3 Å². The topological polar surface area (TPSA) is 59.4 Å². The Morgan fingerprint density at radius 2 is 2.04 bits per heavy atom. The molecule has 1 amide bonds. The molecule has 2 atom stereocenters. The van der Waals surface area contributed by atoms with Gasteiger partial charge in [0, 0.05) is 38.6 Å². The molecule has 0 radical (unpaired) electrons. The summed E-state index contributed by atoms with van der Waals surface area (Å²) in [4.78, 5) is 17.1. The summed E-state index contributed by atoms with van der Waals surface area (Å²) in [6.07, 6.45) is 0.500. The molecule has 2 heterocycles. The molecule has 6 heteroatoms. The smallest absolute Gasteiger partial charge is 0.256 e. The number of hydrogen-bond donors (Lipinski definition) is 1. The lowest BCUT2D eigenvalue weighted by molar-refractivity contribution is -0.132. The summed E-state index contributed by atoms with van der Waals surface area (Å²) in [5, 5.41) is 15.7. The summed E-state index contributed by atoms with van der Waals surface area (Å²) in [6.45, 7) is 8.34. The Morgan fingerprint density at radius 3 is 2.72 bits per heavy atom. The van der Waals surface area contributed by atoms with Crippen LogP contribution in [0.2, 0.25) is 0 Å². The summed E-state index contributed by atoms with van der Waals surface area (Å²) >= 11 is 0. The van der Waals surface area contributed by atoms with Crippen molar-refractivity contribution in [3.8, 4) is 0 Å². The number of hydrazone groups is 1. The fourth-order valence-corrected chi connectivity index (χ4v) is 3.57. The molecular formula is C19H28N4O2. The van der Waals surface area contributed by atoms with E-state index in [-0.39, 0.29) is 12.0 Å². The van der Waals surface area contributed by atoms with Gasteiger partial charge in [-0.3, -0.25) is 14.6 Å². The van der Waals surface area contributed by atoms with Gasteiger partial charge in [0.05, 0.1) is 24.9 Å². The number of β-amino-alcohol motifs (C(OH)–C–C–N with tert-alkyl or cyclic N) is 1. The molecule has 6 nitrogen and oxygen atoms in total. The Balaban J connectivity index is 1.53. The summed E-state index contributed by atoms with van der Waals surface area (Å²) in [5.74, 6) is 0.0714. The van der Waals surface area contributed by atoms with Crippen LogP contribution in [0.3, 0.4) is 0 Å². The van der Waals surface area contributed by atoms with E-state index >= 15 is 0 Å². The van der Waals surface area contributed by atoms with E-state index in [1.165, 1.54) is 0 Å². The van der Waals surface area contributed by atoms with Crippen LogP contribution in [0.25, 0.3) is 0 Å². The van der Waals surface area contributed by atoms with Gasteiger partial charge in [-0.2, -0.15) is 5.10 Å². The molecule has 2 aliphatic rings. The van der Waals surface area contributed by atoms with Gasteiger partial charge in [0.15, 0.2) is 0 Å². The Bertz CT molecular complexity index is 617. The number of aliphatic hydroxyl groups is 1. The molecule has 1 saturated heterocycles. The maximum Gasteiger partial charge on any atom is 0.256 e. The number of aliphatic hydroxyl groups excluding tert-OH is 1. The van der Waals surface area contributed by atoms with Gasteiger partial charge >= 0.3 is 0 Å². The Labute approximate surface area is 149 Å². The number of amides is 1. The molecule has 1 aromatic rings. The van der Waals surface area contributed by atoms with Crippen molar-refractivity contribution in [3.05, 3.63) is 35.9 Å². The van der Waals surface area contributed by atoms with Crippen LogP contribution in [-0.2, 0) is 4.79 Å². The number of benzene rings is 1. The van der Waals surface area contributed by atoms with Crippen LogP contribution >= 0.6 is 0 Å². The third-order valence-corrected chi connectivity index (χ3v) is 4.90. The minimum atomic E-state index is -0.314. The second-order valence-corrected chi connectivity index (χ2v) is 7.11. The molecule has 25 heavy (non-hydrogen) atoms. The third kappa shape index (κ3) is 4.66. The minimum Gasteiger partial charge on any atom is -0.392 e. The molecule has 0 aliphatic carbocycles. The fraction of sp³-hybridized carbons (Fsp3) is 0.579. The predicted molar refractivity (Wildman–Crippen MR) is 98.5 cm³/mol. The highest BCUT2D eigenvalue weighted by atomic mass is 16.3. The van der Waals surface area contributed by atoms with E-state index in [2.05, 4.69) is 21.8 Å². The Kier molecular flexibility index (Phi) is 5.83. The molecule has 1 fully saturated rings.